The predicted octanol–water partition coefficient (Wildman–Crippen LogP) is 3.29. The van der Waals surface area contributed by atoms with E-state index in [2.05, 4.69) is 26.9 Å². The minimum Gasteiger partial charge on any atom is -0.497 e. The summed E-state index contributed by atoms with van der Waals surface area (Å²) in [6.07, 6.45) is 0. The van der Waals surface area contributed by atoms with E-state index in [1.807, 2.05) is 41.3 Å². The lowest BCUT2D eigenvalue weighted by atomic mass is 10.1. The van der Waals surface area contributed by atoms with Gasteiger partial charge in [0.15, 0.2) is 0 Å². The van der Waals surface area contributed by atoms with Gasteiger partial charge < -0.3 is 9.64 Å². The van der Waals surface area contributed by atoms with E-state index in [-0.39, 0.29) is 5.91 Å². The molecule has 26 heavy (non-hydrogen) atoms. The van der Waals surface area contributed by atoms with Gasteiger partial charge in [-0.05, 0) is 51.8 Å². The fourth-order valence-electron chi connectivity index (χ4n) is 3.02. The lowest BCUT2D eigenvalue weighted by molar-refractivity contribution is 0.0627. The van der Waals surface area contributed by atoms with E-state index < -0.39 is 0 Å². The summed E-state index contributed by atoms with van der Waals surface area (Å²) in [7, 11) is 1.60. The molecule has 0 bridgehead atoms. The molecule has 1 fully saturated rings. The highest BCUT2D eigenvalue weighted by atomic mass is 79.9. The van der Waals surface area contributed by atoms with E-state index in [4.69, 9.17) is 10.00 Å². The first-order chi connectivity index (χ1) is 12.6. The number of nitrogens with zero attached hydrogens (tertiary/aromatic N) is 3. The second-order valence-electron chi connectivity index (χ2n) is 6.22. The smallest absolute Gasteiger partial charge is 0.255 e. The van der Waals surface area contributed by atoms with Gasteiger partial charge >= 0.3 is 0 Å². The third-order valence-corrected chi connectivity index (χ3v) is 5.24. The molecule has 1 aliphatic rings. The summed E-state index contributed by atoms with van der Waals surface area (Å²) in [6, 6.07) is 15.2. The number of carbonyl (C=O) groups is 1. The molecule has 1 aliphatic heterocycles. The number of rotatable bonds is 4. The van der Waals surface area contributed by atoms with E-state index in [9.17, 15) is 4.79 Å². The molecule has 0 aromatic heterocycles. The standard InChI is InChI=1S/C20H20BrN3O2/c1-26-17-6-7-19(21)18(12-17)20(25)24-10-8-23(9-11-24)14-16-4-2-15(13-22)3-5-16/h2-7,12H,8-11,14H2,1H3. The Kier molecular flexibility index (Phi) is 5.92. The second kappa shape index (κ2) is 8.35. The molecule has 2 aromatic rings. The zero-order valence-electron chi connectivity index (χ0n) is 14.6. The van der Waals surface area contributed by atoms with Gasteiger partial charge in [-0.3, -0.25) is 9.69 Å². The van der Waals surface area contributed by atoms with Gasteiger partial charge in [0.25, 0.3) is 5.91 Å². The molecule has 5 nitrogen and oxygen atoms in total. The SMILES string of the molecule is COc1ccc(Br)c(C(=O)N2CCN(Cc3ccc(C#N)cc3)CC2)c1. The lowest BCUT2D eigenvalue weighted by Crippen LogP contribution is -2.48. The Morgan fingerprint density at radius 2 is 1.85 bits per heavy atom. The lowest BCUT2D eigenvalue weighted by Gasteiger charge is -2.35. The average Bonchev–Trinajstić information content (AvgIpc) is 2.69. The molecular weight excluding hydrogens is 394 g/mol. The molecule has 2 aromatic carbocycles. The van der Waals surface area contributed by atoms with Crippen molar-refractivity contribution in [2.45, 2.75) is 6.54 Å². The summed E-state index contributed by atoms with van der Waals surface area (Å²) in [5.74, 6) is 0.699. The maximum absolute atomic E-state index is 12.8. The Balaban J connectivity index is 1.59. The van der Waals surface area contributed by atoms with E-state index in [1.54, 1.807) is 13.2 Å². The van der Waals surface area contributed by atoms with Gasteiger partial charge in [0, 0.05) is 37.2 Å². The number of benzene rings is 2. The van der Waals surface area contributed by atoms with E-state index >= 15 is 0 Å². The van der Waals surface area contributed by atoms with Gasteiger partial charge in [-0.1, -0.05) is 12.1 Å². The summed E-state index contributed by atoms with van der Waals surface area (Å²) in [5.41, 5.74) is 2.48. The van der Waals surface area contributed by atoms with Gasteiger partial charge in [0.05, 0.1) is 24.3 Å². The van der Waals surface area contributed by atoms with Gasteiger partial charge in [-0.2, -0.15) is 5.26 Å². The van der Waals surface area contributed by atoms with Gasteiger partial charge in [-0.25, -0.2) is 0 Å². The van der Waals surface area contributed by atoms with Gasteiger partial charge in [0.1, 0.15) is 5.75 Å². The number of ether oxygens (including phenoxy) is 1. The van der Waals surface area contributed by atoms with Crippen LogP contribution in [0.5, 0.6) is 5.75 Å². The Morgan fingerprint density at radius 3 is 2.46 bits per heavy atom. The predicted molar refractivity (Wildman–Crippen MR) is 103 cm³/mol. The molecule has 1 saturated heterocycles. The molecule has 1 heterocycles. The number of hydrogen-bond donors (Lipinski definition) is 0. The van der Waals surface area contributed by atoms with Crippen LogP contribution in [0.15, 0.2) is 46.9 Å². The molecule has 0 N–H and O–H groups in total. The number of piperazine rings is 1. The van der Waals surface area contributed by atoms with Crippen molar-refractivity contribution in [3.05, 3.63) is 63.6 Å². The molecule has 0 unspecified atom stereocenters. The molecule has 0 saturated carbocycles. The topological polar surface area (TPSA) is 56.6 Å². The van der Waals surface area contributed by atoms with Crippen LogP contribution in [-0.2, 0) is 6.54 Å². The molecule has 3 rings (SSSR count). The highest BCUT2D eigenvalue weighted by Crippen LogP contribution is 2.24. The van der Waals surface area contributed by atoms with E-state index in [0.29, 0.717) is 30.0 Å². The van der Waals surface area contributed by atoms with Crippen LogP contribution in [0.1, 0.15) is 21.5 Å². The molecule has 0 atom stereocenters. The Hall–Kier alpha value is -2.36. The number of amides is 1. The fraction of sp³-hybridized carbons (Fsp3) is 0.300. The monoisotopic (exact) mass is 413 g/mol. The highest BCUT2D eigenvalue weighted by molar-refractivity contribution is 9.10. The third kappa shape index (κ3) is 4.24. The van der Waals surface area contributed by atoms with Gasteiger partial charge in [-0.15, -0.1) is 0 Å². The van der Waals surface area contributed by atoms with Crippen molar-refractivity contribution in [1.29, 1.82) is 5.26 Å². The van der Waals surface area contributed by atoms with Crippen molar-refractivity contribution >= 4 is 21.8 Å². The number of methoxy groups -OCH3 is 1. The minimum atomic E-state index is 0.0220. The zero-order valence-corrected chi connectivity index (χ0v) is 16.2. The molecule has 0 aliphatic carbocycles. The Labute approximate surface area is 161 Å². The summed E-state index contributed by atoms with van der Waals surface area (Å²) >= 11 is 3.46. The molecule has 134 valence electrons. The molecule has 6 heteroatoms. The number of carbonyl (C=O) groups excluding carboxylic acids is 1. The molecule has 0 spiro atoms. The van der Waals surface area contributed by atoms with Crippen molar-refractivity contribution in [1.82, 2.24) is 9.80 Å². The summed E-state index contributed by atoms with van der Waals surface area (Å²) < 4.78 is 6.01. The van der Waals surface area contributed by atoms with Crippen molar-refractivity contribution < 1.29 is 9.53 Å². The Bertz CT molecular complexity index is 822. The zero-order chi connectivity index (χ0) is 18.5. The number of nitriles is 1. The van der Waals surface area contributed by atoms with Crippen molar-refractivity contribution in [2.24, 2.45) is 0 Å². The van der Waals surface area contributed by atoms with Crippen LogP contribution in [0, 0.1) is 11.3 Å². The van der Waals surface area contributed by atoms with Crippen LogP contribution in [-0.4, -0.2) is 49.0 Å². The maximum atomic E-state index is 12.8. The van der Waals surface area contributed by atoms with Crippen LogP contribution in [0.3, 0.4) is 0 Å². The minimum absolute atomic E-state index is 0.0220. The van der Waals surface area contributed by atoms with Crippen molar-refractivity contribution in [3.63, 3.8) is 0 Å². The number of hydrogen-bond acceptors (Lipinski definition) is 4. The first-order valence-corrected chi connectivity index (χ1v) is 9.24. The van der Waals surface area contributed by atoms with Crippen LogP contribution in [0.25, 0.3) is 0 Å². The van der Waals surface area contributed by atoms with Gasteiger partial charge in [0.2, 0.25) is 0 Å². The van der Waals surface area contributed by atoms with E-state index in [0.717, 1.165) is 24.1 Å². The van der Waals surface area contributed by atoms with Crippen LogP contribution >= 0.6 is 15.9 Å². The summed E-state index contributed by atoms with van der Waals surface area (Å²) in [5, 5.41) is 8.87. The molecule has 1 amide bonds. The first-order valence-electron chi connectivity index (χ1n) is 8.45. The van der Waals surface area contributed by atoms with Crippen LogP contribution < -0.4 is 4.74 Å². The average molecular weight is 414 g/mol. The number of halogens is 1. The maximum Gasteiger partial charge on any atom is 0.255 e. The molecular formula is C20H20BrN3O2. The van der Waals surface area contributed by atoms with Crippen LogP contribution in [0.4, 0.5) is 0 Å². The first kappa shape index (κ1) is 18.4. The normalized spacial score (nSPS) is 14.7. The summed E-state index contributed by atoms with van der Waals surface area (Å²) in [4.78, 5) is 17.0. The van der Waals surface area contributed by atoms with Crippen LogP contribution in [0.2, 0.25) is 0 Å². The van der Waals surface area contributed by atoms with E-state index in [1.165, 1.54) is 5.56 Å². The second-order valence-corrected chi connectivity index (χ2v) is 7.08. The Morgan fingerprint density at radius 1 is 1.15 bits per heavy atom. The van der Waals surface area contributed by atoms with Crippen molar-refractivity contribution in [3.8, 4) is 11.8 Å². The van der Waals surface area contributed by atoms with Crippen molar-refractivity contribution in [2.75, 3.05) is 33.3 Å². The largest absolute Gasteiger partial charge is 0.497 e. The molecule has 0 radical (unpaired) electrons. The quantitative estimate of drug-likeness (QED) is 0.771. The highest BCUT2D eigenvalue weighted by Gasteiger charge is 2.24. The third-order valence-electron chi connectivity index (χ3n) is 4.55. The fourth-order valence-corrected chi connectivity index (χ4v) is 3.43. The summed E-state index contributed by atoms with van der Waals surface area (Å²) in [6.45, 7) is 3.87.